The Morgan fingerprint density at radius 1 is 1.23 bits per heavy atom. The highest BCUT2D eigenvalue weighted by atomic mass is 16.5. The van der Waals surface area contributed by atoms with E-state index in [1.807, 2.05) is 18.3 Å². The lowest BCUT2D eigenvalue weighted by molar-refractivity contribution is 0.0748. The molecule has 2 atom stereocenters. The van der Waals surface area contributed by atoms with E-state index in [1.54, 1.807) is 13.3 Å². The van der Waals surface area contributed by atoms with Crippen molar-refractivity contribution in [2.24, 2.45) is 11.8 Å². The molecule has 3 aromatic rings. The Morgan fingerprint density at radius 3 is 2.97 bits per heavy atom. The van der Waals surface area contributed by atoms with Gasteiger partial charge in [0.25, 0.3) is 5.89 Å². The van der Waals surface area contributed by atoms with Crippen LogP contribution >= 0.6 is 0 Å². The van der Waals surface area contributed by atoms with Gasteiger partial charge in [-0.1, -0.05) is 5.92 Å². The Kier molecular flexibility index (Phi) is 7.18. The first-order valence-corrected chi connectivity index (χ1v) is 10.9. The highest BCUT2D eigenvalue weighted by Gasteiger charge is 2.28. The Bertz CT molecular complexity index is 1040. The van der Waals surface area contributed by atoms with Crippen molar-refractivity contribution in [2.75, 3.05) is 33.4 Å². The van der Waals surface area contributed by atoms with E-state index in [9.17, 15) is 5.11 Å². The molecule has 31 heavy (non-hydrogen) atoms. The van der Waals surface area contributed by atoms with Crippen LogP contribution in [0.15, 0.2) is 47.3 Å². The van der Waals surface area contributed by atoms with Gasteiger partial charge in [0.2, 0.25) is 0 Å². The minimum absolute atomic E-state index is 0.226. The summed E-state index contributed by atoms with van der Waals surface area (Å²) in [5.74, 6) is 8.23. The summed E-state index contributed by atoms with van der Waals surface area (Å²) in [7, 11) is 1.69. The van der Waals surface area contributed by atoms with Gasteiger partial charge in [-0.2, -0.15) is 0 Å². The van der Waals surface area contributed by atoms with Crippen molar-refractivity contribution >= 4 is 10.9 Å². The molecule has 0 amide bonds. The van der Waals surface area contributed by atoms with Crippen molar-refractivity contribution in [3.05, 3.63) is 54.4 Å². The number of pyridine rings is 1. The second kappa shape index (κ2) is 10.4. The number of hydrogen-bond acceptors (Lipinski definition) is 6. The molecule has 6 nitrogen and oxygen atoms in total. The summed E-state index contributed by atoms with van der Waals surface area (Å²) >= 11 is 0. The summed E-state index contributed by atoms with van der Waals surface area (Å²) in [6, 6.07) is 8.15. The Labute approximate surface area is 183 Å². The molecule has 0 saturated carbocycles. The Hall–Kier alpha value is -2.88. The second-order valence-corrected chi connectivity index (χ2v) is 8.11. The number of nitrogens with zero attached hydrogens (tertiary/aromatic N) is 3. The third-order valence-electron chi connectivity index (χ3n) is 6.20. The molecule has 0 bridgehead atoms. The van der Waals surface area contributed by atoms with E-state index >= 15 is 0 Å². The molecule has 162 valence electrons. The average Bonchev–Trinajstić information content (AvgIpc) is 3.33. The number of likely N-dealkylation sites (tertiary alicyclic amines) is 1. The highest BCUT2D eigenvalue weighted by Crippen LogP contribution is 2.29. The summed E-state index contributed by atoms with van der Waals surface area (Å²) in [5, 5.41) is 11.1. The van der Waals surface area contributed by atoms with E-state index in [-0.39, 0.29) is 6.61 Å². The normalized spacial score (nSPS) is 19.2. The zero-order chi connectivity index (χ0) is 21.5. The monoisotopic (exact) mass is 419 g/mol. The molecule has 0 unspecified atom stereocenters. The van der Waals surface area contributed by atoms with Crippen LogP contribution < -0.4 is 4.74 Å². The first-order chi connectivity index (χ1) is 15.3. The van der Waals surface area contributed by atoms with Crippen molar-refractivity contribution in [3.8, 4) is 17.6 Å². The van der Waals surface area contributed by atoms with Crippen molar-refractivity contribution in [1.82, 2.24) is 14.9 Å². The van der Waals surface area contributed by atoms with E-state index in [1.165, 1.54) is 17.2 Å². The number of benzene rings is 1. The van der Waals surface area contributed by atoms with Crippen molar-refractivity contribution in [2.45, 2.75) is 25.7 Å². The van der Waals surface area contributed by atoms with Gasteiger partial charge >= 0.3 is 0 Å². The molecular weight excluding hydrogens is 390 g/mol. The fourth-order valence-corrected chi connectivity index (χ4v) is 4.48. The number of aliphatic hydroxyl groups excluding tert-OH is 1. The summed E-state index contributed by atoms with van der Waals surface area (Å²) in [4.78, 5) is 10.8. The minimum atomic E-state index is 0.226. The second-order valence-electron chi connectivity index (χ2n) is 8.11. The fourth-order valence-electron chi connectivity index (χ4n) is 4.48. The van der Waals surface area contributed by atoms with Crippen LogP contribution in [-0.2, 0) is 6.42 Å². The van der Waals surface area contributed by atoms with Gasteiger partial charge in [-0.05, 0) is 79.8 Å². The molecule has 2 aromatic heterocycles. The van der Waals surface area contributed by atoms with Crippen LogP contribution in [0.1, 0.15) is 30.7 Å². The van der Waals surface area contributed by atoms with Gasteiger partial charge in [0.05, 0.1) is 25.4 Å². The van der Waals surface area contributed by atoms with Crippen LogP contribution in [0.2, 0.25) is 0 Å². The van der Waals surface area contributed by atoms with Crippen molar-refractivity contribution in [3.63, 3.8) is 0 Å². The molecule has 0 spiro atoms. The predicted octanol–water partition coefficient (Wildman–Crippen LogP) is 3.54. The molecule has 0 radical (unpaired) electrons. The summed E-state index contributed by atoms with van der Waals surface area (Å²) in [5.41, 5.74) is 2.31. The average molecular weight is 420 g/mol. The fraction of sp³-hybridized carbons (Fsp3) is 0.440. The smallest absolute Gasteiger partial charge is 0.273 e. The lowest BCUT2D eigenvalue weighted by atomic mass is 9.82. The lowest BCUT2D eigenvalue weighted by Crippen LogP contribution is -2.42. The van der Waals surface area contributed by atoms with Crippen LogP contribution in [0, 0.1) is 23.7 Å². The van der Waals surface area contributed by atoms with Gasteiger partial charge in [-0.3, -0.25) is 9.88 Å². The molecule has 1 aliphatic rings. The summed E-state index contributed by atoms with van der Waals surface area (Å²) < 4.78 is 10.5. The topological polar surface area (TPSA) is 71.6 Å². The van der Waals surface area contributed by atoms with Gasteiger partial charge in [0, 0.05) is 24.7 Å². The number of ether oxygens (including phenoxy) is 1. The van der Waals surface area contributed by atoms with E-state index in [4.69, 9.17) is 9.15 Å². The maximum atomic E-state index is 9.96. The molecule has 3 heterocycles. The molecule has 1 aliphatic heterocycles. The van der Waals surface area contributed by atoms with Crippen LogP contribution in [0.4, 0.5) is 0 Å². The maximum absolute atomic E-state index is 9.96. The number of aromatic nitrogens is 2. The van der Waals surface area contributed by atoms with Crippen LogP contribution in [-0.4, -0.2) is 53.3 Å². The number of aryl methyl sites for hydroxylation is 1. The number of rotatable bonds is 7. The van der Waals surface area contributed by atoms with Crippen LogP contribution in [0.5, 0.6) is 5.75 Å². The molecule has 0 aliphatic carbocycles. The van der Waals surface area contributed by atoms with Gasteiger partial charge in [-0.25, -0.2) is 4.98 Å². The largest absolute Gasteiger partial charge is 0.497 e. The Morgan fingerprint density at radius 2 is 2.16 bits per heavy atom. The highest BCUT2D eigenvalue weighted by molar-refractivity contribution is 5.83. The molecule has 1 N–H and O–H groups in total. The standard InChI is InChI=1S/C25H29N3O3/c1-30-22-7-8-24-23(16-22)20(9-11-26-24)5-2-4-19-10-14-28(17-21(19)18-29)13-3-6-25-27-12-15-31-25/h7-9,11-12,15-16,19,21,29H,2,4-5,10,13-14,17-18H2,1H3/t19-,21-/m1/s1. The maximum Gasteiger partial charge on any atom is 0.273 e. The molecule has 4 rings (SSSR count). The molecule has 1 saturated heterocycles. The minimum Gasteiger partial charge on any atom is -0.497 e. The van der Waals surface area contributed by atoms with Gasteiger partial charge in [0.1, 0.15) is 12.0 Å². The first kappa shape index (κ1) is 21.4. The predicted molar refractivity (Wildman–Crippen MR) is 120 cm³/mol. The number of methoxy groups -OCH3 is 1. The number of aliphatic hydroxyl groups is 1. The number of hydrogen-bond donors (Lipinski definition) is 1. The third-order valence-corrected chi connectivity index (χ3v) is 6.20. The van der Waals surface area contributed by atoms with Crippen LogP contribution in [0.25, 0.3) is 10.9 Å². The Balaban J connectivity index is 1.30. The lowest BCUT2D eigenvalue weighted by Gasteiger charge is -2.37. The summed E-state index contributed by atoms with van der Waals surface area (Å²) in [6.07, 6.45) is 9.34. The third kappa shape index (κ3) is 5.43. The zero-order valence-corrected chi connectivity index (χ0v) is 18.0. The van der Waals surface area contributed by atoms with Crippen molar-refractivity contribution in [1.29, 1.82) is 0 Å². The quantitative estimate of drug-likeness (QED) is 0.591. The first-order valence-electron chi connectivity index (χ1n) is 10.9. The van der Waals surface area contributed by atoms with E-state index < -0.39 is 0 Å². The summed E-state index contributed by atoms with van der Waals surface area (Å²) in [6.45, 7) is 2.80. The van der Waals surface area contributed by atoms with E-state index in [2.05, 4.69) is 38.8 Å². The number of piperidine rings is 1. The van der Waals surface area contributed by atoms with Crippen LogP contribution in [0.3, 0.4) is 0 Å². The molecule has 1 fully saturated rings. The van der Waals surface area contributed by atoms with Gasteiger partial charge in [-0.15, -0.1) is 0 Å². The number of fused-ring (bicyclic) bond motifs is 1. The SMILES string of the molecule is COc1ccc2nccc(CCC[C@@H]3CCN(CC#Cc4ncco4)C[C@@H]3CO)c2c1. The molecule has 6 heteroatoms. The van der Waals surface area contributed by atoms with Gasteiger partial charge in [0.15, 0.2) is 0 Å². The van der Waals surface area contributed by atoms with Crippen molar-refractivity contribution < 1.29 is 14.3 Å². The molecular formula is C25H29N3O3. The van der Waals surface area contributed by atoms with Gasteiger partial charge < -0.3 is 14.3 Å². The zero-order valence-electron chi connectivity index (χ0n) is 18.0. The van der Waals surface area contributed by atoms with E-state index in [0.717, 1.165) is 50.0 Å². The molecule has 1 aromatic carbocycles. The van der Waals surface area contributed by atoms with E-state index in [0.29, 0.717) is 24.3 Å². The number of oxazole rings is 1.